The van der Waals surface area contributed by atoms with E-state index in [4.69, 9.17) is 11.6 Å². The second-order valence-electron chi connectivity index (χ2n) is 3.34. The zero-order valence-corrected chi connectivity index (χ0v) is 8.50. The molecule has 1 aliphatic heterocycles. The fourth-order valence-corrected chi connectivity index (χ4v) is 1.77. The molecule has 0 unspecified atom stereocenters. The van der Waals surface area contributed by atoms with Gasteiger partial charge in [-0.15, -0.1) is 0 Å². The Balaban J connectivity index is 2.17. The van der Waals surface area contributed by atoms with Gasteiger partial charge in [0, 0.05) is 13.1 Å². The number of carbonyl (C=O) groups excluding carboxylic acids is 1. The van der Waals surface area contributed by atoms with Gasteiger partial charge in [0.2, 0.25) is 0 Å². The van der Waals surface area contributed by atoms with E-state index >= 15 is 0 Å². The first-order valence-corrected chi connectivity index (χ1v) is 5.07. The maximum Gasteiger partial charge on any atom is 0.272 e. The molecule has 1 fully saturated rings. The highest BCUT2D eigenvalue weighted by Crippen LogP contribution is 2.13. The standard InChI is InChI=1S/C10H11ClN2O/c11-9-5-3-4-8(12-9)10(14)13-6-1-2-7-13/h3-5H,1-2,6-7H2. The number of aromatic nitrogens is 1. The van der Waals surface area contributed by atoms with E-state index in [0.717, 1.165) is 25.9 Å². The van der Waals surface area contributed by atoms with E-state index in [-0.39, 0.29) is 5.91 Å². The average Bonchev–Trinajstić information content (AvgIpc) is 2.69. The Hall–Kier alpha value is -1.09. The summed E-state index contributed by atoms with van der Waals surface area (Å²) in [5, 5.41) is 0.370. The van der Waals surface area contributed by atoms with Crippen LogP contribution in [0.3, 0.4) is 0 Å². The smallest absolute Gasteiger partial charge is 0.272 e. The molecule has 1 aliphatic rings. The number of hydrogen-bond acceptors (Lipinski definition) is 2. The average molecular weight is 211 g/mol. The molecule has 0 aromatic carbocycles. The second kappa shape index (κ2) is 3.96. The largest absolute Gasteiger partial charge is 0.337 e. The third-order valence-corrected chi connectivity index (χ3v) is 2.54. The molecule has 0 spiro atoms. The Morgan fingerprint density at radius 3 is 2.71 bits per heavy atom. The lowest BCUT2D eigenvalue weighted by molar-refractivity contribution is 0.0787. The molecular formula is C10H11ClN2O. The monoisotopic (exact) mass is 210 g/mol. The van der Waals surface area contributed by atoms with Crippen molar-refractivity contribution in [1.82, 2.24) is 9.88 Å². The van der Waals surface area contributed by atoms with Gasteiger partial charge >= 0.3 is 0 Å². The van der Waals surface area contributed by atoms with Crippen LogP contribution < -0.4 is 0 Å². The molecule has 0 atom stereocenters. The summed E-state index contributed by atoms with van der Waals surface area (Å²) >= 11 is 5.71. The molecule has 4 heteroatoms. The predicted molar refractivity (Wildman–Crippen MR) is 54.4 cm³/mol. The van der Waals surface area contributed by atoms with Gasteiger partial charge in [-0.25, -0.2) is 4.98 Å². The van der Waals surface area contributed by atoms with E-state index < -0.39 is 0 Å². The number of amides is 1. The van der Waals surface area contributed by atoms with Crippen LogP contribution >= 0.6 is 11.6 Å². The maximum atomic E-state index is 11.8. The van der Waals surface area contributed by atoms with Gasteiger partial charge < -0.3 is 4.90 Å². The van der Waals surface area contributed by atoms with Crippen LogP contribution in [0.2, 0.25) is 5.15 Å². The van der Waals surface area contributed by atoms with Crippen molar-refractivity contribution in [1.29, 1.82) is 0 Å². The van der Waals surface area contributed by atoms with E-state index in [1.165, 1.54) is 0 Å². The third-order valence-electron chi connectivity index (χ3n) is 2.33. The Labute approximate surface area is 87.7 Å². The van der Waals surface area contributed by atoms with Crippen molar-refractivity contribution in [2.75, 3.05) is 13.1 Å². The number of rotatable bonds is 1. The lowest BCUT2D eigenvalue weighted by atomic mass is 10.3. The molecule has 0 N–H and O–H groups in total. The lowest BCUT2D eigenvalue weighted by Crippen LogP contribution is -2.28. The first-order valence-electron chi connectivity index (χ1n) is 4.69. The van der Waals surface area contributed by atoms with Gasteiger partial charge in [0.05, 0.1) is 0 Å². The SMILES string of the molecule is O=C(c1cccc(Cl)n1)N1CCCC1. The van der Waals surface area contributed by atoms with Crippen molar-refractivity contribution in [3.05, 3.63) is 29.0 Å². The van der Waals surface area contributed by atoms with Crippen LogP contribution in [-0.4, -0.2) is 28.9 Å². The predicted octanol–water partition coefficient (Wildman–Crippen LogP) is 1.97. The fraction of sp³-hybridized carbons (Fsp3) is 0.400. The van der Waals surface area contributed by atoms with Crippen LogP contribution in [-0.2, 0) is 0 Å². The highest BCUT2D eigenvalue weighted by molar-refractivity contribution is 6.29. The number of hydrogen-bond donors (Lipinski definition) is 0. The number of halogens is 1. The second-order valence-corrected chi connectivity index (χ2v) is 3.73. The van der Waals surface area contributed by atoms with Gasteiger partial charge in [0.15, 0.2) is 0 Å². The highest BCUT2D eigenvalue weighted by atomic mass is 35.5. The molecule has 74 valence electrons. The van der Waals surface area contributed by atoms with Crippen LogP contribution in [0.5, 0.6) is 0 Å². The number of carbonyl (C=O) groups is 1. The summed E-state index contributed by atoms with van der Waals surface area (Å²) in [4.78, 5) is 17.6. The first kappa shape index (κ1) is 9.46. The Kier molecular flexibility index (Phi) is 2.68. The molecule has 0 saturated carbocycles. The summed E-state index contributed by atoms with van der Waals surface area (Å²) in [6, 6.07) is 5.12. The molecule has 2 rings (SSSR count). The van der Waals surface area contributed by atoms with E-state index in [9.17, 15) is 4.79 Å². The lowest BCUT2D eigenvalue weighted by Gasteiger charge is -2.14. The molecule has 0 bridgehead atoms. The van der Waals surface area contributed by atoms with Gasteiger partial charge in [-0.05, 0) is 25.0 Å². The van der Waals surface area contributed by atoms with Gasteiger partial charge in [0.25, 0.3) is 5.91 Å². The maximum absolute atomic E-state index is 11.8. The van der Waals surface area contributed by atoms with Crippen LogP contribution in [0.25, 0.3) is 0 Å². The van der Waals surface area contributed by atoms with Crippen molar-refractivity contribution < 1.29 is 4.79 Å². The van der Waals surface area contributed by atoms with Gasteiger partial charge in [-0.2, -0.15) is 0 Å². The fourth-order valence-electron chi connectivity index (χ4n) is 1.61. The van der Waals surface area contributed by atoms with Crippen molar-refractivity contribution in [3.63, 3.8) is 0 Å². The number of likely N-dealkylation sites (tertiary alicyclic amines) is 1. The first-order chi connectivity index (χ1) is 6.77. The number of pyridine rings is 1. The zero-order valence-electron chi connectivity index (χ0n) is 7.74. The molecule has 1 amide bonds. The number of nitrogens with zero attached hydrogens (tertiary/aromatic N) is 2. The van der Waals surface area contributed by atoms with Crippen molar-refractivity contribution >= 4 is 17.5 Å². The summed E-state index contributed by atoms with van der Waals surface area (Å²) in [6.45, 7) is 1.68. The molecule has 2 heterocycles. The summed E-state index contributed by atoms with van der Waals surface area (Å²) in [5.41, 5.74) is 0.444. The van der Waals surface area contributed by atoms with Crippen molar-refractivity contribution in [2.24, 2.45) is 0 Å². The van der Waals surface area contributed by atoms with Crippen LogP contribution in [0, 0.1) is 0 Å². The van der Waals surface area contributed by atoms with Crippen molar-refractivity contribution in [3.8, 4) is 0 Å². The van der Waals surface area contributed by atoms with Gasteiger partial charge in [-0.3, -0.25) is 4.79 Å². The minimum absolute atomic E-state index is 0.00926. The van der Waals surface area contributed by atoms with E-state index in [1.807, 2.05) is 4.90 Å². The van der Waals surface area contributed by atoms with Gasteiger partial charge in [-0.1, -0.05) is 17.7 Å². The van der Waals surface area contributed by atoms with E-state index in [1.54, 1.807) is 18.2 Å². The molecule has 3 nitrogen and oxygen atoms in total. The molecule has 0 aliphatic carbocycles. The van der Waals surface area contributed by atoms with Crippen LogP contribution in [0.4, 0.5) is 0 Å². The molecular weight excluding hydrogens is 200 g/mol. The normalized spacial score (nSPS) is 15.9. The third kappa shape index (κ3) is 1.87. The Morgan fingerprint density at radius 2 is 2.07 bits per heavy atom. The molecule has 0 radical (unpaired) electrons. The highest BCUT2D eigenvalue weighted by Gasteiger charge is 2.20. The summed E-state index contributed by atoms with van der Waals surface area (Å²) in [7, 11) is 0. The topological polar surface area (TPSA) is 33.2 Å². The quantitative estimate of drug-likeness (QED) is 0.664. The van der Waals surface area contributed by atoms with E-state index in [0.29, 0.717) is 10.8 Å². The summed E-state index contributed by atoms with van der Waals surface area (Å²) in [6.07, 6.45) is 2.18. The molecule has 1 aromatic rings. The van der Waals surface area contributed by atoms with E-state index in [2.05, 4.69) is 4.98 Å². The Morgan fingerprint density at radius 1 is 1.36 bits per heavy atom. The van der Waals surface area contributed by atoms with Gasteiger partial charge in [0.1, 0.15) is 10.8 Å². The molecule has 1 saturated heterocycles. The summed E-state index contributed by atoms with van der Waals surface area (Å²) < 4.78 is 0. The zero-order chi connectivity index (χ0) is 9.97. The molecule has 14 heavy (non-hydrogen) atoms. The van der Waals surface area contributed by atoms with Crippen molar-refractivity contribution in [2.45, 2.75) is 12.8 Å². The van der Waals surface area contributed by atoms with Crippen LogP contribution in [0.15, 0.2) is 18.2 Å². The Bertz CT molecular complexity index is 348. The minimum atomic E-state index is -0.00926. The summed E-state index contributed by atoms with van der Waals surface area (Å²) in [5.74, 6) is -0.00926. The molecule has 1 aromatic heterocycles. The van der Waals surface area contributed by atoms with Crippen LogP contribution in [0.1, 0.15) is 23.3 Å². The minimum Gasteiger partial charge on any atom is -0.337 e.